The zero-order chi connectivity index (χ0) is 11.4. The number of hydrogen-bond donors (Lipinski definition) is 0. The normalized spacial score (nSPS) is 10.9. The van der Waals surface area contributed by atoms with E-state index >= 15 is 0 Å². The fourth-order valence-corrected chi connectivity index (χ4v) is 1.50. The van der Waals surface area contributed by atoms with Crippen molar-refractivity contribution in [2.24, 2.45) is 0 Å². The van der Waals surface area contributed by atoms with E-state index in [0.29, 0.717) is 0 Å². The molecule has 2 rings (SSSR count). The highest BCUT2D eigenvalue weighted by Crippen LogP contribution is 2.18. The SMILES string of the molecule is COC(OC)c1ccnn1-c1ccccn1. The predicted molar refractivity (Wildman–Crippen MR) is 58.1 cm³/mol. The van der Waals surface area contributed by atoms with Crippen LogP contribution in [0, 0.1) is 0 Å². The Hall–Kier alpha value is -1.72. The van der Waals surface area contributed by atoms with Gasteiger partial charge in [0, 0.05) is 26.6 Å². The van der Waals surface area contributed by atoms with Crippen LogP contribution in [0.5, 0.6) is 0 Å². The molecule has 2 aromatic rings. The zero-order valence-corrected chi connectivity index (χ0v) is 9.20. The molecule has 0 aliphatic heterocycles. The minimum absolute atomic E-state index is 0.440. The van der Waals surface area contributed by atoms with Gasteiger partial charge in [0.25, 0.3) is 0 Å². The first-order valence-corrected chi connectivity index (χ1v) is 4.87. The van der Waals surface area contributed by atoms with Gasteiger partial charge in [-0.15, -0.1) is 0 Å². The van der Waals surface area contributed by atoms with Gasteiger partial charge in [-0.1, -0.05) is 6.07 Å². The van der Waals surface area contributed by atoms with Crippen LogP contribution in [0.1, 0.15) is 12.0 Å². The molecular weight excluding hydrogens is 206 g/mol. The molecule has 84 valence electrons. The molecule has 2 aromatic heterocycles. The lowest BCUT2D eigenvalue weighted by atomic mass is 10.4. The van der Waals surface area contributed by atoms with E-state index in [1.54, 1.807) is 31.3 Å². The Labute approximate surface area is 93.6 Å². The Morgan fingerprint density at radius 1 is 1.12 bits per heavy atom. The predicted octanol–water partition coefficient (Wildman–Crippen LogP) is 1.56. The van der Waals surface area contributed by atoms with Gasteiger partial charge in [0.15, 0.2) is 5.82 Å². The van der Waals surface area contributed by atoms with Gasteiger partial charge in [0.05, 0.1) is 0 Å². The minimum Gasteiger partial charge on any atom is -0.350 e. The van der Waals surface area contributed by atoms with Gasteiger partial charge < -0.3 is 9.47 Å². The fraction of sp³-hybridized carbons (Fsp3) is 0.273. The Balaban J connectivity index is 2.40. The van der Waals surface area contributed by atoms with Crippen LogP contribution in [0.2, 0.25) is 0 Å². The number of pyridine rings is 1. The third kappa shape index (κ3) is 1.95. The van der Waals surface area contributed by atoms with Gasteiger partial charge in [0.2, 0.25) is 6.29 Å². The van der Waals surface area contributed by atoms with E-state index in [1.165, 1.54) is 0 Å². The average Bonchev–Trinajstić information content (AvgIpc) is 2.81. The summed E-state index contributed by atoms with van der Waals surface area (Å²) in [5.41, 5.74) is 0.809. The summed E-state index contributed by atoms with van der Waals surface area (Å²) in [6, 6.07) is 7.48. The first-order valence-electron chi connectivity index (χ1n) is 4.87. The lowest BCUT2D eigenvalue weighted by molar-refractivity contribution is -0.110. The molecule has 0 bridgehead atoms. The van der Waals surface area contributed by atoms with Crippen molar-refractivity contribution in [1.29, 1.82) is 0 Å². The van der Waals surface area contributed by atoms with Crippen molar-refractivity contribution in [2.45, 2.75) is 6.29 Å². The Morgan fingerprint density at radius 2 is 1.94 bits per heavy atom. The van der Waals surface area contributed by atoms with E-state index in [-0.39, 0.29) is 0 Å². The average molecular weight is 219 g/mol. The summed E-state index contributed by atoms with van der Waals surface area (Å²) in [5, 5.41) is 4.20. The number of rotatable bonds is 4. The second kappa shape index (κ2) is 4.87. The highest BCUT2D eigenvalue weighted by Gasteiger charge is 2.15. The minimum atomic E-state index is -0.440. The Morgan fingerprint density at radius 3 is 2.56 bits per heavy atom. The topological polar surface area (TPSA) is 49.2 Å². The first kappa shape index (κ1) is 10.8. The molecule has 5 heteroatoms. The van der Waals surface area contributed by atoms with Gasteiger partial charge in [-0.3, -0.25) is 0 Å². The van der Waals surface area contributed by atoms with Crippen molar-refractivity contribution in [1.82, 2.24) is 14.8 Å². The van der Waals surface area contributed by atoms with E-state index in [4.69, 9.17) is 9.47 Å². The van der Waals surface area contributed by atoms with E-state index < -0.39 is 6.29 Å². The van der Waals surface area contributed by atoms with Gasteiger partial charge in [-0.05, 0) is 18.2 Å². The van der Waals surface area contributed by atoms with Crippen molar-refractivity contribution in [3.8, 4) is 5.82 Å². The van der Waals surface area contributed by atoms with E-state index in [0.717, 1.165) is 11.5 Å². The third-order valence-electron chi connectivity index (χ3n) is 2.21. The smallest absolute Gasteiger partial charge is 0.200 e. The van der Waals surface area contributed by atoms with Gasteiger partial charge in [-0.2, -0.15) is 5.10 Å². The Bertz CT molecular complexity index is 438. The highest BCUT2D eigenvalue weighted by molar-refractivity contribution is 5.24. The maximum atomic E-state index is 5.20. The molecule has 0 saturated carbocycles. The van der Waals surface area contributed by atoms with Crippen LogP contribution in [0.4, 0.5) is 0 Å². The number of ether oxygens (including phenoxy) is 2. The van der Waals surface area contributed by atoms with Gasteiger partial charge in [-0.25, -0.2) is 9.67 Å². The van der Waals surface area contributed by atoms with Crippen molar-refractivity contribution >= 4 is 0 Å². The van der Waals surface area contributed by atoms with Crippen LogP contribution in [0.3, 0.4) is 0 Å². The van der Waals surface area contributed by atoms with Crippen molar-refractivity contribution in [2.75, 3.05) is 14.2 Å². The maximum Gasteiger partial charge on any atom is 0.200 e. The second-order valence-electron chi connectivity index (χ2n) is 3.16. The molecule has 0 unspecified atom stereocenters. The number of nitrogens with zero attached hydrogens (tertiary/aromatic N) is 3. The molecule has 0 amide bonds. The third-order valence-corrected chi connectivity index (χ3v) is 2.21. The molecule has 0 spiro atoms. The van der Waals surface area contributed by atoms with Gasteiger partial charge >= 0.3 is 0 Å². The molecule has 0 radical (unpaired) electrons. The summed E-state index contributed by atoms with van der Waals surface area (Å²) in [7, 11) is 3.17. The van der Waals surface area contributed by atoms with Crippen molar-refractivity contribution < 1.29 is 9.47 Å². The first-order chi connectivity index (χ1) is 7.86. The van der Waals surface area contributed by atoms with Crippen molar-refractivity contribution in [3.05, 3.63) is 42.4 Å². The lowest BCUT2D eigenvalue weighted by Crippen LogP contribution is -2.11. The number of aromatic nitrogens is 3. The summed E-state index contributed by atoms with van der Waals surface area (Å²) in [6.07, 6.45) is 2.97. The monoisotopic (exact) mass is 219 g/mol. The summed E-state index contributed by atoms with van der Waals surface area (Å²) < 4.78 is 12.1. The standard InChI is InChI=1S/C11H13N3O2/c1-15-11(16-2)9-6-8-13-14(9)10-5-3-4-7-12-10/h3-8,11H,1-2H3. The lowest BCUT2D eigenvalue weighted by Gasteiger charge is -2.14. The largest absolute Gasteiger partial charge is 0.350 e. The van der Waals surface area contributed by atoms with Crippen LogP contribution >= 0.6 is 0 Å². The molecular formula is C11H13N3O2. The van der Waals surface area contributed by atoms with Crippen molar-refractivity contribution in [3.63, 3.8) is 0 Å². The summed E-state index contributed by atoms with van der Waals surface area (Å²) in [4.78, 5) is 4.22. The molecule has 0 fully saturated rings. The van der Waals surface area contributed by atoms with Crippen LogP contribution in [0.15, 0.2) is 36.7 Å². The fourth-order valence-electron chi connectivity index (χ4n) is 1.50. The molecule has 0 atom stereocenters. The molecule has 2 heterocycles. The summed E-state index contributed by atoms with van der Waals surface area (Å²) in [5.74, 6) is 0.738. The molecule has 0 N–H and O–H groups in total. The zero-order valence-electron chi connectivity index (χ0n) is 9.20. The molecule has 0 aliphatic carbocycles. The second-order valence-corrected chi connectivity index (χ2v) is 3.16. The molecule has 0 aromatic carbocycles. The molecule has 16 heavy (non-hydrogen) atoms. The van der Waals surface area contributed by atoms with E-state index in [1.807, 2.05) is 24.3 Å². The quantitative estimate of drug-likeness (QED) is 0.732. The summed E-state index contributed by atoms with van der Waals surface area (Å²) >= 11 is 0. The van der Waals surface area contributed by atoms with E-state index in [2.05, 4.69) is 10.1 Å². The van der Waals surface area contributed by atoms with E-state index in [9.17, 15) is 0 Å². The number of hydrogen-bond acceptors (Lipinski definition) is 4. The highest BCUT2D eigenvalue weighted by atomic mass is 16.7. The molecule has 0 saturated heterocycles. The summed E-state index contributed by atoms with van der Waals surface area (Å²) in [6.45, 7) is 0. The van der Waals surface area contributed by atoms with Crippen LogP contribution < -0.4 is 0 Å². The Kier molecular flexibility index (Phi) is 3.28. The molecule has 0 aliphatic rings. The molecule has 5 nitrogen and oxygen atoms in total. The maximum absolute atomic E-state index is 5.20. The number of methoxy groups -OCH3 is 2. The van der Waals surface area contributed by atoms with Crippen LogP contribution in [-0.4, -0.2) is 29.0 Å². The van der Waals surface area contributed by atoms with Crippen LogP contribution in [0.25, 0.3) is 5.82 Å². The van der Waals surface area contributed by atoms with Crippen LogP contribution in [-0.2, 0) is 9.47 Å². The van der Waals surface area contributed by atoms with Gasteiger partial charge in [0.1, 0.15) is 5.69 Å².